The molecule has 3 heteroatoms. The fourth-order valence-electron chi connectivity index (χ4n) is 2.13. The summed E-state index contributed by atoms with van der Waals surface area (Å²) >= 11 is 0. The van der Waals surface area contributed by atoms with Gasteiger partial charge < -0.3 is 4.74 Å². The van der Waals surface area contributed by atoms with Gasteiger partial charge in [0.1, 0.15) is 6.10 Å². The van der Waals surface area contributed by atoms with E-state index in [1.54, 1.807) is 6.20 Å². The van der Waals surface area contributed by atoms with Crippen LogP contribution in [-0.2, 0) is 9.53 Å². The summed E-state index contributed by atoms with van der Waals surface area (Å²) in [7, 11) is 0. The van der Waals surface area contributed by atoms with E-state index in [0.717, 1.165) is 22.9 Å². The number of benzene rings is 1. The molecule has 0 aliphatic carbocycles. The number of carbonyl (C=O) groups excluding carboxylic acids is 1. The summed E-state index contributed by atoms with van der Waals surface area (Å²) in [5.74, 6) is -0.113. The standard InChI is InChI=1S/C13H11NO2/c15-12-7-6-11(16-12)10-5-1-3-9-4-2-8-14-13(9)10/h1-5,8,11H,6-7H2. The Labute approximate surface area is 93.1 Å². The number of esters is 1. The van der Waals surface area contributed by atoms with Crippen LogP contribution in [-0.4, -0.2) is 11.0 Å². The molecule has 1 aromatic heterocycles. The minimum absolute atomic E-state index is 0.113. The van der Waals surface area contributed by atoms with Crippen LogP contribution in [0.5, 0.6) is 0 Å². The summed E-state index contributed by atoms with van der Waals surface area (Å²) in [6.07, 6.45) is 2.91. The molecule has 16 heavy (non-hydrogen) atoms. The van der Waals surface area contributed by atoms with Gasteiger partial charge in [0, 0.05) is 23.6 Å². The number of aromatic nitrogens is 1. The molecule has 1 aliphatic rings. The van der Waals surface area contributed by atoms with Crippen LogP contribution in [0, 0.1) is 0 Å². The van der Waals surface area contributed by atoms with E-state index in [4.69, 9.17) is 4.74 Å². The highest BCUT2D eigenvalue weighted by Gasteiger charge is 2.26. The molecule has 3 rings (SSSR count). The van der Waals surface area contributed by atoms with E-state index >= 15 is 0 Å². The SMILES string of the molecule is O=C1CCC(c2cccc3cccnc23)O1. The second-order valence-electron chi connectivity index (χ2n) is 3.94. The summed E-state index contributed by atoms with van der Waals surface area (Å²) < 4.78 is 5.28. The van der Waals surface area contributed by atoms with E-state index in [2.05, 4.69) is 4.98 Å². The van der Waals surface area contributed by atoms with Crippen LogP contribution < -0.4 is 0 Å². The molecule has 1 fully saturated rings. The lowest BCUT2D eigenvalue weighted by molar-refractivity contribution is -0.141. The number of para-hydroxylation sites is 1. The topological polar surface area (TPSA) is 39.2 Å². The predicted molar refractivity (Wildman–Crippen MR) is 59.8 cm³/mol. The van der Waals surface area contributed by atoms with Crippen molar-refractivity contribution in [2.45, 2.75) is 18.9 Å². The molecule has 1 atom stereocenters. The van der Waals surface area contributed by atoms with Crippen molar-refractivity contribution >= 4 is 16.9 Å². The first-order valence-electron chi connectivity index (χ1n) is 5.38. The molecule has 0 radical (unpaired) electrons. The molecule has 80 valence electrons. The zero-order valence-corrected chi connectivity index (χ0v) is 8.72. The smallest absolute Gasteiger partial charge is 0.306 e. The zero-order chi connectivity index (χ0) is 11.0. The largest absolute Gasteiger partial charge is 0.457 e. The van der Waals surface area contributed by atoms with Crippen molar-refractivity contribution in [1.82, 2.24) is 4.98 Å². The van der Waals surface area contributed by atoms with Crippen LogP contribution in [0.3, 0.4) is 0 Å². The second kappa shape index (κ2) is 3.59. The maximum Gasteiger partial charge on any atom is 0.306 e. The number of ether oxygens (including phenoxy) is 1. The van der Waals surface area contributed by atoms with Gasteiger partial charge in [-0.15, -0.1) is 0 Å². The highest BCUT2D eigenvalue weighted by molar-refractivity contribution is 5.82. The molecule has 0 saturated carbocycles. The third-order valence-corrected chi connectivity index (χ3v) is 2.90. The first-order chi connectivity index (χ1) is 7.84. The quantitative estimate of drug-likeness (QED) is 0.683. The summed E-state index contributed by atoms with van der Waals surface area (Å²) in [5.41, 5.74) is 1.95. The zero-order valence-electron chi connectivity index (χ0n) is 8.72. The highest BCUT2D eigenvalue weighted by atomic mass is 16.5. The van der Waals surface area contributed by atoms with Crippen LogP contribution in [0.15, 0.2) is 36.5 Å². The number of nitrogens with zero attached hydrogens (tertiary/aromatic N) is 1. The number of rotatable bonds is 1. The number of carbonyl (C=O) groups is 1. The Kier molecular flexibility index (Phi) is 2.10. The van der Waals surface area contributed by atoms with Gasteiger partial charge in [0.2, 0.25) is 0 Å². The minimum Gasteiger partial charge on any atom is -0.457 e. The van der Waals surface area contributed by atoms with Crippen LogP contribution in [0.4, 0.5) is 0 Å². The summed E-state index contributed by atoms with van der Waals surface area (Å²) in [5, 5.41) is 1.09. The van der Waals surface area contributed by atoms with Crippen molar-refractivity contribution in [2.24, 2.45) is 0 Å². The molecule has 0 amide bonds. The number of hydrogen-bond acceptors (Lipinski definition) is 3. The molecule has 3 nitrogen and oxygen atoms in total. The molecule has 0 spiro atoms. The van der Waals surface area contributed by atoms with Crippen molar-refractivity contribution in [3.05, 3.63) is 42.1 Å². The Hall–Kier alpha value is -1.90. The Balaban J connectivity index is 2.13. The minimum atomic E-state index is -0.119. The molecule has 1 saturated heterocycles. The number of cyclic esters (lactones) is 1. The van der Waals surface area contributed by atoms with Crippen LogP contribution in [0.1, 0.15) is 24.5 Å². The Morgan fingerprint density at radius 2 is 2.12 bits per heavy atom. The lowest BCUT2D eigenvalue weighted by Crippen LogP contribution is -2.00. The lowest BCUT2D eigenvalue weighted by atomic mass is 10.0. The summed E-state index contributed by atoms with van der Waals surface area (Å²) in [4.78, 5) is 15.5. The van der Waals surface area contributed by atoms with Gasteiger partial charge in [0.05, 0.1) is 5.52 Å². The molecule has 0 N–H and O–H groups in total. The first-order valence-corrected chi connectivity index (χ1v) is 5.38. The second-order valence-corrected chi connectivity index (χ2v) is 3.94. The molecule has 1 aromatic carbocycles. The van der Waals surface area contributed by atoms with E-state index in [-0.39, 0.29) is 12.1 Å². The van der Waals surface area contributed by atoms with Gasteiger partial charge in [0.25, 0.3) is 0 Å². The summed E-state index contributed by atoms with van der Waals surface area (Å²) in [6, 6.07) is 9.90. The molecular formula is C13H11NO2. The Morgan fingerprint density at radius 3 is 2.94 bits per heavy atom. The Morgan fingerprint density at radius 1 is 1.25 bits per heavy atom. The van der Waals surface area contributed by atoms with Crippen molar-refractivity contribution < 1.29 is 9.53 Å². The van der Waals surface area contributed by atoms with Gasteiger partial charge in [0.15, 0.2) is 0 Å². The average Bonchev–Trinajstić information content (AvgIpc) is 2.75. The van der Waals surface area contributed by atoms with Crippen LogP contribution in [0.25, 0.3) is 10.9 Å². The van der Waals surface area contributed by atoms with E-state index in [9.17, 15) is 4.79 Å². The predicted octanol–water partition coefficient (Wildman–Crippen LogP) is 2.61. The summed E-state index contributed by atoms with van der Waals surface area (Å²) in [6.45, 7) is 0. The van der Waals surface area contributed by atoms with Crippen molar-refractivity contribution in [2.75, 3.05) is 0 Å². The molecule has 1 aliphatic heterocycles. The fourth-order valence-corrected chi connectivity index (χ4v) is 2.13. The fraction of sp³-hybridized carbons (Fsp3) is 0.231. The molecule has 2 aromatic rings. The lowest BCUT2D eigenvalue weighted by Gasteiger charge is -2.11. The number of hydrogen-bond donors (Lipinski definition) is 0. The van der Waals surface area contributed by atoms with E-state index in [1.165, 1.54) is 0 Å². The van der Waals surface area contributed by atoms with E-state index in [1.807, 2.05) is 30.3 Å². The third kappa shape index (κ3) is 1.45. The van der Waals surface area contributed by atoms with Gasteiger partial charge in [-0.25, -0.2) is 0 Å². The van der Waals surface area contributed by atoms with E-state index < -0.39 is 0 Å². The molecule has 2 heterocycles. The highest BCUT2D eigenvalue weighted by Crippen LogP contribution is 2.32. The molecule has 1 unspecified atom stereocenters. The number of pyridine rings is 1. The van der Waals surface area contributed by atoms with Crippen LogP contribution in [0.2, 0.25) is 0 Å². The first kappa shape index (κ1) is 9.33. The molecular weight excluding hydrogens is 202 g/mol. The maximum absolute atomic E-state index is 11.1. The van der Waals surface area contributed by atoms with Gasteiger partial charge in [-0.2, -0.15) is 0 Å². The number of fused-ring (bicyclic) bond motifs is 1. The molecule has 0 bridgehead atoms. The van der Waals surface area contributed by atoms with Crippen molar-refractivity contribution in [1.29, 1.82) is 0 Å². The maximum atomic E-state index is 11.1. The van der Waals surface area contributed by atoms with Gasteiger partial charge in [-0.3, -0.25) is 9.78 Å². The normalized spacial score (nSPS) is 20.0. The van der Waals surface area contributed by atoms with Gasteiger partial charge in [-0.05, 0) is 12.5 Å². The average molecular weight is 213 g/mol. The van der Waals surface area contributed by atoms with Crippen LogP contribution >= 0.6 is 0 Å². The Bertz CT molecular complexity index is 545. The van der Waals surface area contributed by atoms with Crippen molar-refractivity contribution in [3.8, 4) is 0 Å². The monoisotopic (exact) mass is 213 g/mol. The van der Waals surface area contributed by atoms with Crippen molar-refractivity contribution in [3.63, 3.8) is 0 Å². The van der Waals surface area contributed by atoms with E-state index in [0.29, 0.717) is 6.42 Å². The third-order valence-electron chi connectivity index (χ3n) is 2.90. The van der Waals surface area contributed by atoms with Gasteiger partial charge >= 0.3 is 5.97 Å². The van der Waals surface area contributed by atoms with Gasteiger partial charge in [-0.1, -0.05) is 24.3 Å².